The fraction of sp³-hybridized carbons (Fsp3) is 0.167. The Hall–Kier alpha value is -1.74. The van der Waals surface area contributed by atoms with E-state index in [2.05, 4.69) is 5.32 Å². The average Bonchev–Trinajstić information content (AvgIpc) is 2.23. The Kier molecular flexibility index (Phi) is 2.47. The van der Waals surface area contributed by atoms with Crippen LogP contribution in [-0.2, 0) is 6.54 Å². The van der Waals surface area contributed by atoms with Gasteiger partial charge in [-0.1, -0.05) is 18.2 Å². The lowest BCUT2D eigenvalue weighted by atomic mass is 10.0. The number of hydrogen-bond acceptors (Lipinski definition) is 3. The molecule has 2 aromatic carbocycles. The van der Waals surface area contributed by atoms with E-state index in [0.717, 1.165) is 10.9 Å². The molecule has 0 heterocycles. The summed E-state index contributed by atoms with van der Waals surface area (Å²) < 4.78 is 0. The number of benzene rings is 2. The molecule has 2 rings (SSSR count). The first-order valence-corrected chi connectivity index (χ1v) is 4.81. The summed E-state index contributed by atoms with van der Waals surface area (Å²) in [5.74, 6) is 0.409. The number of aromatic hydroxyl groups is 2. The molecule has 0 spiro atoms. The van der Waals surface area contributed by atoms with E-state index in [-0.39, 0.29) is 11.5 Å². The van der Waals surface area contributed by atoms with Gasteiger partial charge in [-0.15, -0.1) is 0 Å². The van der Waals surface area contributed by atoms with E-state index in [1.54, 1.807) is 31.3 Å². The second-order valence-electron chi connectivity index (χ2n) is 3.47. The third kappa shape index (κ3) is 1.62. The highest BCUT2D eigenvalue weighted by molar-refractivity contribution is 5.92. The predicted octanol–water partition coefficient (Wildman–Crippen LogP) is 1.97. The smallest absolute Gasteiger partial charge is 0.123 e. The molecule has 0 amide bonds. The standard InChI is InChI=1S/C12H13NO2/c1-13-7-9-10(14)6-5-8-3-2-4-11(15)12(8)9/h2-6,13-15H,7H2,1H3. The maximum absolute atomic E-state index is 9.76. The molecule has 0 aliphatic heterocycles. The van der Waals surface area contributed by atoms with Crippen LogP contribution in [-0.4, -0.2) is 17.3 Å². The molecule has 0 saturated heterocycles. The van der Waals surface area contributed by atoms with Crippen LogP contribution < -0.4 is 5.32 Å². The van der Waals surface area contributed by atoms with Crippen LogP contribution in [0.15, 0.2) is 30.3 Å². The summed E-state index contributed by atoms with van der Waals surface area (Å²) in [6.07, 6.45) is 0. The third-order valence-corrected chi connectivity index (χ3v) is 2.46. The molecular formula is C12H13NO2. The molecule has 0 unspecified atom stereocenters. The van der Waals surface area contributed by atoms with Crippen molar-refractivity contribution in [3.63, 3.8) is 0 Å². The summed E-state index contributed by atoms with van der Waals surface area (Å²) in [6.45, 7) is 0.529. The number of phenolic OH excluding ortho intramolecular Hbond substituents is 2. The van der Waals surface area contributed by atoms with Crippen LogP contribution in [0.2, 0.25) is 0 Å². The van der Waals surface area contributed by atoms with Crippen molar-refractivity contribution in [1.82, 2.24) is 5.32 Å². The molecule has 0 bridgehead atoms. The first kappa shape index (κ1) is 9.80. The molecule has 3 N–H and O–H groups in total. The fourth-order valence-electron chi connectivity index (χ4n) is 1.78. The van der Waals surface area contributed by atoms with Crippen LogP contribution in [0.5, 0.6) is 11.5 Å². The summed E-state index contributed by atoms with van der Waals surface area (Å²) >= 11 is 0. The van der Waals surface area contributed by atoms with Gasteiger partial charge in [0.15, 0.2) is 0 Å². The van der Waals surface area contributed by atoms with Crippen molar-refractivity contribution in [2.75, 3.05) is 7.05 Å². The van der Waals surface area contributed by atoms with Crippen molar-refractivity contribution in [3.05, 3.63) is 35.9 Å². The molecule has 3 nitrogen and oxygen atoms in total. The zero-order valence-electron chi connectivity index (χ0n) is 8.49. The molecule has 0 atom stereocenters. The van der Waals surface area contributed by atoms with Crippen molar-refractivity contribution in [2.24, 2.45) is 0 Å². The van der Waals surface area contributed by atoms with E-state index in [9.17, 15) is 10.2 Å². The zero-order chi connectivity index (χ0) is 10.8. The SMILES string of the molecule is CNCc1c(O)ccc2cccc(O)c12. The Balaban J connectivity index is 2.78. The maximum atomic E-state index is 9.76. The molecule has 0 saturated carbocycles. The summed E-state index contributed by atoms with van der Waals surface area (Å²) in [4.78, 5) is 0. The quantitative estimate of drug-likeness (QED) is 0.699. The van der Waals surface area contributed by atoms with Crippen molar-refractivity contribution < 1.29 is 10.2 Å². The van der Waals surface area contributed by atoms with E-state index < -0.39 is 0 Å². The summed E-state index contributed by atoms with van der Waals surface area (Å²) in [7, 11) is 1.80. The number of phenols is 2. The molecule has 2 aromatic rings. The summed E-state index contributed by atoms with van der Waals surface area (Å²) in [6, 6.07) is 8.77. The maximum Gasteiger partial charge on any atom is 0.123 e. The molecule has 0 aromatic heterocycles. The Morgan fingerprint density at radius 2 is 1.87 bits per heavy atom. The Morgan fingerprint density at radius 3 is 2.60 bits per heavy atom. The lowest BCUT2D eigenvalue weighted by Crippen LogP contribution is -2.05. The second kappa shape index (κ2) is 3.79. The first-order chi connectivity index (χ1) is 7.24. The normalized spacial score (nSPS) is 10.7. The zero-order valence-corrected chi connectivity index (χ0v) is 8.49. The average molecular weight is 203 g/mol. The minimum atomic E-state index is 0.202. The van der Waals surface area contributed by atoms with E-state index >= 15 is 0 Å². The second-order valence-corrected chi connectivity index (χ2v) is 3.47. The molecule has 78 valence electrons. The van der Waals surface area contributed by atoms with Gasteiger partial charge < -0.3 is 15.5 Å². The van der Waals surface area contributed by atoms with Gasteiger partial charge in [-0.2, -0.15) is 0 Å². The number of hydrogen-bond donors (Lipinski definition) is 3. The highest BCUT2D eigenvalue weighted by atomic mass is 16.3. The van der Waals surface area contributed by atoms with Gasteiger partial charge in [-0.3, -0.25) is 0 Å². The predicted molar refractivity (Wildman–Crippen MR) is 60.0 cm³/mol. The highest BCUT2D eigenvalue weighted by Gasteiger charge is 2.09. The molecule has 15 heavy (non-hydrogen) atoms. The number of rotatable bonds is 2. The van der Waals surface area contributed by atoms with Crippen LogP contribution >= 0.6 is 0 Å². The Labute approximate surface area is 88.0 Å². The van der Waals surface area contributed by atoms with Crippen LogP contribution in [0, 0.1) is 0 Å². The molecule has 0 radical (unpaired) electrons. The van der Waals surface area contributed by atoms with Crippen molar-refractivity contribution in [3.8, 4) is 11.5 Å². The number of fused-ring (bicyclic) bond motifs is 1. The van der Waals surface area contributed by atoms with E-state index in [4.69, 9.17) is 0 Å². The van der Waals surface area contributed by atoms with Gasteiger partial charge in [0.25, 0.3) is 0 Å². The van der Waals surface area contributed by atoms with Gasteiger partial charge in [0.2, 0.25) is 0 Å². The number of nitrogens with one attached hydrogen (secondary N) is 1. The van der Waals surface area contributed by atoms with Gasteiger partial charge in [0.05, 0.1) is 0 Å². The Morgan fingerprint density at radius 1 is 1.07 bits per heavy atom. The fourth-order valence-corrected chi connectivity index (χ4v) is 1.78. The molecule has 0 aliphatic rings. The van der Waals surface area contributed by atoms with E-state index in [1.807, 2.05) is 6.07 Å². The summed E-state index contributed by atoms with van der Waals surface area (Å²) in [5.41, 5.74) is 0.730. The highest BCUT2D eigenvalue weighted by Crippen LogP contribution is 2.33. The monoisotopic (exact) mass is 203 g/mol. The molecule has 3 heteroatoms. The van der Waals surface area contributed by atoms with Crippen LogP contribution in [0.25, 0.3) is 10.8 Å². The van der Waals surface area contributed by atoms with Gasteiger partial charge in [-0.05, 0) is 24.6 Å². The van der Waals surface area contributed by atoms with E-state index in [0.29, 0.717) is 11.9 Å². The Bertz CT molecular complexity index is 494. The lowest BCUT2D eigenvalue weighted by Gasteiger charge is -2.09. The van der Waals surface area contributed by atoms with Crippen molar-refractivity contribution >= 4 is 10.8 Å². The van der Waals surface area contributed by atoms with Gasteiger partial charge in [0.1, 0.15) is 11.5 Å². The van der Waals surface area contributed by atoms with Crippen LogP contribution in [0.4, 0.5) is 0 Å². The van der Waals surface area contributed by atoms with Crippen molar-refractivity contribution in [2.45, 2.75) is 6.54 Å². The molecule has 0 aliphatic carbocycles. The van der Waals surface area contributed by atoms with Gasteiger partial charge >= 0.3 is 0 Å². The largest absolute Gasteiger partial charge is 0.508 e. The first-order valence-electron chi connectivity index (χ1n) is 4.81. The third-order valence-electron chi connectivity index (χ3n) is 2.46. The van der Waals surface area contributed by atoms with Gasteiger partial charge in [-0.25, -0.2) is 0 Å². The minimum Gasteiger partial charge on any atom is -0.508 e. The molecule has 0 fully saturated rings. The molecular weight excluding hydrogens is 190 g/mol. The lowest BCUT2D eigenvalue weighted by molar-refractivity contribution is 0.463. The van der Waals surface area contributed by atoms with Crippen LogP contribution in [0.1, 0.15) is 5.56 Å². The topological polar surface area (TPSA) is 52.5 Å². The van der Waals surface area contributed by atoms with Crippen molar-refractivity contribution in [1.29, 1.82) is 0 Å². The van der Waals surface area contributed by atoms with E-state index in [1.165, 1.54) is 0 Å². The van der Waals surface area contributed by atoms with Gasteiger partial charge in [0, 0.05) is 17.5 Å². The van der Waals surface area contributed by atoms with Crippen LogP contribution in [0.3, 0.4) is 0 Å². The minimum absolute atomic E-state index is 0.202. The summed E-state index contributed by atoms with van der Waals surface area (Å²) in [5, 5.41) is 24.1.